The van der Waals surface area contributed by atoms with Crippen molar-refractivity contribution in [1.82, 2.24) is 15.2 Å². The number of ether oxygens (including phenoxy) is 1. The molecule has 1 aromatic heterocycles. The lowest BCUT2D eigenvalue weighted by Crippen LogP contribution is -2.44. The molecule has 1 fully saturated rings. The molecular weight excluding hydrogens is 627 g/mol. The number of rotatable bonds is 9. The summed E-state index contributed by atoms with van der Waals surface area (Å²) in [6, 6.07) is 16.3. The predicted octanol–water partition coefficient (Wildman–Crippen LogP) is 5.80. The van der Waals surface area contributed by atoms with Gasteiger partial charge in [0.05, 0.1) is 46.7 Å². The van der Waals surface area contributed by atoms with Crippen LogP contribution in [0.1, 0.15) is 40.8 Å². The zero-order chi connectivity index (χ0) is 33.7. The van der Waals surface area contributed by atoms with Crippen LogP contribution in [0.3, 0.4) is 0 Å². The van der Waals surface area contributed by atoms with Gasteiger partial charge in [0.25, 0.3) is 0 Å². The van der Waals surface area contributed by atoms with E-state index in [1.165, 1.54) is 20.1 Å². The summed E-state index contributed by atoms with van der Waals surface area (Å²) in [6.07, 6.45) is -4.27. The second-order valence-corrected chi connectivity index (χ2v) is 12.9. The lowest BCUT2D eigenvalue weighted by atomic mass is 9.81. The molecule has 5 rings (SSSR count). The van der Waals surface area contributed by atoms with Gasteiger partial charge in [0.15, 0.2) is 5.76 Å². The number of hydrogen-bond donors (Lipinski definition) is 3. The number of alkyl halides is 3. The zero-order valence-corrected chi connectivity index (χ0v) is 25.7. The SMILES string of the molecule is [CH2]C(NC(=O)O)(c1cccc(C(F)(F)F)c1)c1c(C)noc1-c1ccc(-c2ccc(C3(C(=O)NS(C)(=O)=O)CC3)cc2)cc1OC. The Labute approximate surface area is 262 Å². The van der Waals surface area contributed by atoms with Crippen molar-refractivity contribution < 1.29 is 45.5 Å². The number of carbonyl (C=O) groups excluding carboxylic acids is 1. The predicted molar refractivity (Wildman–Crippen MR) is 161 cm³/mol. The van der Waals surface area contributed by atoms with Crippen LogP contribution in [0.25, 0.3) is 22.5 Å². The zero-order valence-electron chi connectivity index (χ0n) is 24.9. The fourth-order valence-electron chi connectivity index (χ4n) is 5.56. The maximum Gasteiger partial charge on any atom is 0.416 e. The van der Waals surface area contributed by atoms with E-state index < -0.39 is 44.7 Å². The third-order valence-corrected chi connectivity index (χ3v) is 8.53. The minimum Gasteiger partial charge on any atom is -0.496 e. The summed E-state index contributed by atoms with van der Waals surface area (Å²) < 4.78 is 77.3. The first-order chi connectivity index (χ1) is 21.5. The molecule has 10 nitrogen and oxygen atoms in total. The Kier molecular flexibility index (Phi) is 8.14. The van der Waals surface area contributed by atoms with Crippen LogP contribution in [-0.4, -0.2) is 44.0 Å². The van der Waals surface area contributed by atoms with Crippen molar-refractivity contribution in [3.8, 4) is 28.2 Å². The number of carboxylic acid groups (broad SMARTS) is 1. The molecular formula is C32H29F3N3O7S. The molecule has 3 aromatic carbocycles. The first-order valence-corrected chi connectivity index (χ1v) is 15.7. The van der Waals surface area contributed by atoms with Crippen molar-refractivity contribution in [2.24, 2.45) is 0 Å². The lowest BCUT2D eigenvalue weighted by Gasteiger charge is -2.31. The largest absolute Gasteiger partial charge is 0.496 e. The maximum absolute atomic E-state index is 13.6. The number of benzene rings is 3. The molecule has 1 heterocycles. The molecule has 2 amide bonds. The number of halogens is 3. The van der Waals surface area contributed by atoms with Gasteiger partial charge < -0.3 is 19.7 Å². The highest BCUT2D eigenvalue weighted by Gasteiger charge is 2.52. The Balaban J connectivity index is 1.54. The van der Waals surface area contributed by atoms with E-state index in [9.17, 15) is 36.3 Å². The van der Waals surface area contributed by atoms with Gasteiger partial charge in [-0.3, -0.25) is 9.52 Å². The summed E-state index contributed by atoms with van der Waals surface area (Å²) in [4.78, 5) is 24.6. The van der Waals surface area contributed by atoms with Gasteiger partial charge in [-0.2, -0.15) is 13.2 Å². The molecule has 241 valence electrons. The van der Waals surface area contributed by atoms with Gasteiger partial charge in [0, 0.05) is 0 Å². The van der Waals surface area contributed by atoms with Gasteiger partial charge in [0.1, 0.15) is 5.75 Å². The number of nitrogens with one attached hydrogen (secondary N) is 2. The first kappa shape index (κ1) is 32.5. The second kappa shape index (κ2) is 11.5. The number of methoxy groups -OCH3 is 1. The highest BCUT2D eigenvalue weighted by atomic mass is 32.2. The minimum absolute atomic E-state index is 0.0324. The number of nitrogens with zero attached hydrogens (tertiary/aromatic N) is 1. The van der Waals surface area contributed by atoms with E-state index >= 15 is 0 Å². The summed E-state index contributed by atoms with van der Waals surface area (Å²) in [5.74, 6) is -0.257. The Morgan fingerprint density at radius 3 is 2.22 bits per heavy atom. The molecule has 1 unspecified atom stereocenters. The highest BCUT2D eigenvalue weighted by Crippen LogP contribution is 2.49. The third kappa shape index (κ3) is 6.16. The van der Waals surface area contributed by atoms with Crippen molar-refractivity contribution in [3.05, 3.63) is 102 Å². The number of hydrogen-bond acceptors (Lipinski definition) is 7. The minimum atomic E-state index is -4.69. The molecule has 1 atom stereocenters. The Hall–Kier alpha value is -4.85. The van der Waals surface area contributed by atoms with E-state index in [-0.39, 0.29) is 28.3 Å². The van der Waals surface area contributed by atoms with Crippen LogP contribution in [0.15, 0.2) is 71.3 Å². The van der Waals surface area contributed by atoms with Crippen LogP contribution in [0.4, 0.5) is 18.0 Å². The van der Waals surface area contributed by atoms with Crippen LogP contribution < -0.4 is 14.8 Å². The molecule has 0 aliphatic heterocycles. The molecule has 1 aliphatic carbocycles. The number of aryl methyl sites for hydroxylation is 1. The molecule has 4 aromatic rings. The Morgan fingerprint density at radius 2 is 1.65 bits per heavy atom. The van der Waals surface area contributed by atoms with Crippen LogP contribution in [0, 0.1) is 13.8 Å². The molecule has 1 saturated carbocycles. The van der Waals surface area contributed by atoms with Crippen LogP contribution >= 0.6 is 0 Å². The number of aromatic nitrogens is 1. The van der Waals surface area contributed by atoms with Gasteiger partial charge in [-0.05, 0) is 73.2 Å². The molecule has 1 radical (unpaired) electrons. The number of carbonyl (C=O) groups is 2. The Morgan fingerprint density at radius 1 is 1.02 bits per heavy atom. The van der Waals surface area contributed by atoms with Crippen molar-refractivity contribution in [3.63, 3.8) is 0 Å². The Bertz CT molecular complexity index is 1930. The topological polar surface area (TPSA) is 148 Å². The normalized spacial score (nSPS) is 15.5. The fraction of sp³-hybridized carbons (Fsp3) is 0.250. The standard InChI is InChI=1S/C32H29F3N3O7S/c1-18-26(30(2,36-29(40)41)22-6-5-7-23(17-22)32(33,34)35)27(45-37-18)24-13-10-20(16-25(24)44-3)19-8-11-21(12-9-19)31(14-15-31)28(39)38-46(4,42)43/h5-13,16-17,36H,2,14-15H2,1,3-4H3,(H,38,39)(H,40,41). The van der Waals surface area contributed by atoms with Crippen LogP contribution in [-0.2, 0) is 31.9 Å². The number of sulfonamides is 1. The summed E-state index contributed by atoms with van der Waals surface area (Å²) >= 11 is 0. The summed E-state index contributed by atoms with van der Waals surface area (Å²) in [5.41, 5.74) is -1.23. The van der Waals surface area contributed by atoms with E-state index in [1.807, 2.05) is 0 Å². The fourth-order valence-corrected chi connectivity index (χ4v) is 6.09. The van der Waals surface area contributed by atoms with E-state index in [2.05, 4.69) is 22.1 Å². The average Bonchev–Trinajstić information content (AvgIpc) is 3.71. The lowest BCUT2D eigenvalue weighted by molar-refractivity contribution is -0.137. The second-order valence-electron chi connectivity index (χ2n) is 11.2. The van der Waals surface area contributed by atoms with Crippen molar-refractivity contribution in [2.75, 3.05) is 13.4 Å². The third-order valence-electron chi connectivity index (χ3n) is 7.97. The highest BCUT2D eigenvalue weighted by molar-refractivity contribution is 7.89. The molecule has 0 saturated heterocycles. The van der Waals surface area contributed by atoms with Crippen LogP contribution in [0.5, 0.6) is 5.75 Å². The maximum atomic E-state index is 13.6. The van der Waals surface area contributed by atoms with Crippen molar-refractivity contribution in [2.45, 2.75) is 36.9 Å². The van der Waals surface area contributed by atoms with Crippen molar-refractivity contribution in [1.29, 1.82) is 0 Å². The van der Waals surface area contributed by atoms with E-state index in [1.54, 1.807) is 42.5 Å². The molecule has 0 spiro atoms. The molecule has 1 aliphatic rings. The van der Waals surface area contributed by atoms with Crippen LogP contribution in [0.2, 0.25) is 0 Å². The van der Waals surface area contributed by atoms with E-state index in [0.29, 0.717) is 29.5 Å². The summed E-state index contributed by atoms with van der Waals surface area (Å²) in [7, 11) is -2.30. The van der Waals surface area contributed by atoms with Crippen molar-refractivity contribution >= 4 is 22.0 Å². The van der Waals surface area contributed by atoms with Gasteiger partial charge in [-0.1, -0.05) is 47.6 Å². The average molecular weight is 657 g/mol. The first-order valence-electron chi connectivity index (χ1n) is 13.8. The van der Waals surface area contributed by atoms with Gasteiger partial charge >= 0.3 is 12.3 Å². The van der Waals surface area contributed by atoms with Gasteiger partial charge in [-0.15, -0.1) is 0 Å². The monoisotopic (exact) mass is 656 g/mol. The summed E-state index contributed by atoms with van der Waals surface area (Å²) in [6.45, 7) is 5.53. The van der Waals surface area contributed by atoms with Gasteiger partial charge in [0.2, 0.25) is 15.9 Å². The molecule has 14 heteroatoms. The molecule has 3 N–H and O–H groups in total. The summed E-state index contributed by atoms with van der Waals surface area (Å²) in [5, 5.41) is 16.0. The molecule has 0 bridgehead atoms. The van der Waals surface area contributed by atoms with Gasteiger partial charge in [-0.25, -0.2) is 13.2 Å². The van der Waals surface area contributed by atoms with E-state index in [4.69, 9.17) is 9.26 Å². The smallest absolute Gasteiger partial charge is 0.416 e. The molecule has 46 heavy (non-hydrogen) atoms. The number of amides is 2. The van der Waals surface area contributed by atoms with E-state index in [0.717, 1.165) is 30.0 Å². The quantitative estimate of drug-likeness (QED) is 0.205.